The van der Waals surface area contributed by atoms with Gasteiger partial charge in [-0.25, -0.2) is 4.98 Å². The largest absolute Gasteiger partial charge is 0.467 e. The van der Waals surface area contributed by atoms with Crippen molar-refractivity contribution in [1.82, 2.24) is 4.98 Å². The van der Waals surface area contributed by atoms with Gasteiger partial charge in [-0.05, 0) is 30.0 Å². The minimum atomic E-state index is -0.144. The number of halogens is 1. The molecule has 0 bridgehead atoms. The molecule has 0 amide bonds. The van der Waals surface area contributed by atoms with Gasteiger partial charge in [0.2, 0.25) is 0 Å². The van der Waals surface area contributed by atoms with E-state index in [-0.39, 0.29) is 12.6 Å². The predicted molar refractivity (Wildman–Crippen MR) is 83.5 cm³/mol. The van der Waals surface area contributed by atoms with Gasteiger partial charge in [-0.15, -0.1) is 0 Å². The molecule has 0 fully saturated rings. The molecule has 2 N–H and O–H groups in total. The number of nitrogens with one attached hydrogen (secondary N) is 1. The average molecular weight is 303 g/mol. The average Bonchev–Trinajstić information content (AvgIpc) is 3.01. The highest BCUT2D eigenvalue weighted by Gasteiger charge is 2.15. The normalized spacial score (nSPS) is 12.5. The molecule has 1 aromatic carbocycles. The third-order valence-electron chi connectivity index (χ3n) is 3.32. The maximum atomic E-state index is 9.21. The van der Waals surface area contributed by atoms with E-state index >= 15 is 0 Å². The number of hydrogen-bond donors (Lipinski definition) is 2. The Morgan fingerprint density at radius 2 is 2.10 bits per heavy atom. The molecule has 0 aliphatic carbocycles. The van der Waals surface area contributed by atoms with Gasteiger partial charge in [-0.2, -0.15) is 0 Å². The van der Waals surface area contributed by atoms with Crippen molar-refractivity contribution in [2.45, 2.75) is 12.5 Å². The first-order chi connectivity index (χ1) is 10.3. The highest BCUT2D eigenvalue weighted by molar-refractivity contribution is 6.34. The highest BCUT2D eigenvalue weighted by atomic mass is 35.5. The van der Waals surface area contributed by atoms with Crippen LogP contribution in [-0.2, 0) is 0 Å². The van der Waals surface area contributed by atoms with Gasteiger partial charge in [0, 0.05) is 12.0 Å². The van der Waals surface area contributed by atoms with Crippen LogP contribution in [0.4, 0.5) is 5.82 Å². The van der Waals surface area contributed by atoms with Crippen LogP contribution in [0.25, 0.3) is 10.8 Å². The van der Waals surface area contributed by atoms with Crippen LogP contribution >= 0.6 is 11.6 Å². The lowest BCUT2D eigenvalue weighted by Gasteiger charge is -2.17. The summed E-state index contributed by atoms with van der Waals surface area (Å²) in [5, 5.41) is 14.9. The first-order valence-corrected chi connectivity index (χ1v) is 7.12. The number of aliphatic hydroxyl groups excluding tert-OH is 1. The Kier molecular flexibility index (Phi) is 4.08. The topological polar surface area (TPSA) is 58.3 Å². The third-order valence-corrected chi connectivity index (χ3v) is 3.61. The van der Waals surface area contributed by atoms with Crippen LogP contribution in [-0.4, -0.2) is 16.7 Å². The number of fused-ring (bicyclic) bond motifs is 1. The van der Waals surface area contributed by atoms with Gasteiger partial charge < -0.3 is 14.8 Å². The number of pyridine rings is 1. The fourth-order valence-electron chi connectivity index (χ4n) is 2.31. The second kappa shape index (κ2) is 6.16. The van der Waals surface area contributed by atoms with E-state index < -0.39 is 0 Å². The van der Waals surface area contributed by atoms with Crippen LogP contribution in [0.1, 0.15) is 18.2 Å². The zero-order valence-corrected chi connectivity index (χ0v) is 12.0. The maximum absolute atomic E-state index is 9.21. The van der Waals surface area contributed by atoms with Crippen molar-refractivity contribution in [3.63, 3.8) is 0 Å². The van der Waals surface area contributed by atoms with Crippen LogP contribution in [0, 0.1) is 0 Å². The summed E-state index contributed by atoms with van der Waals surface area (Å²) in [6.07, 6.45) is 2.14. The molecule has 0 radical (unpaired) electrons. The molecule has 3 rings (SSSR count). The van der Waals surface area contributed by atoms with Crippen molar-refractivity contribution >= 4 is 28.2 Å². The molecular weight excluding hydrogens is 288 g/mol. The second-order valence-corrected chi connectivity index (χ2v) is 5.10. The van der Waals surface area contributed by atoms with Crippen molar-refractivity contribution in [2.24, 2.45) is 0 Å². The lowest BCUT2D eigenvalue weighted by atomic mass is 10.1. The first kappa shape index (κ1) is 13.9. The van der Waals surface area contributed by atoms with Gasteiger partial charge in [0.05, 0.1) is 12.3 Å². The fourth-order valence-corrected chi connectivity index (χ4v) is 2.58. The molecule has 2 heterocycles. The molecule has 0 saturated carbocycles. The van der Waals surface area contributed by atoms with Gasteiger partial charge in [-0.3, -0.25) is 0 Å². The molecule has 108 valence electrons. The van der Waals surface area contributed by atoms with Crippen LogP contribution in [0.3, 0.4) is 0 Å². The summed E-state index contributed by atoms with van der Waals surface area (Å²) >= 11 is 6.22. The Morgan fingerprint density at radius 1 is 1.24 bits per heavy atom. The maximum Gasteiger partial charge on any atom is 0.139 e. The summed E-state index contributed by atoms with van der Waals surface area (Å²) in [6, 6.07) is 13.3. The van der Waals surface area contributed by atoms with E-state index in [0.29, 0.717) is 17.4 Å². The number of anilines is 1. The zero-order chi connectivity index (χ0) is 14.7. The quantitative estimate of drug-likeness (QED) is 0.699. The molecular formula is C16H15ClN2O2. The van der Waals surface area contributed by atoms with Crippen LogP contribution in [0.2, 0.25) is 5.15 Å². The first-order valence-electron chi connectivity index (χ1n) is 6.74. The van der Waals surface area contributed by atoms with Gasteiger partial charge >= 0.3 is 0 Å². The summed E-state index contributed by atoms with van der Waals surface area (Å²) in [5.74, 6) is 1.42. The van der Waals surface area contributed by atoms with Crippen molar-refractivity contribution in [3.05, 3.63) is 59.6 Å². The number of benzene rings is 1. The predicted octanol–water partition coefficient (Wildman–Crippen LogP) is 4.02. The van der Waals surface area contributed by atoms with Gasteiger partial charge in [0.15, 0.2) is 0 Å². The van der Waals surface area contributed by atoms with Gasteiger partial charge in [-0.1, -0.05) is 35.9 Å². The second-order valence-electron chi connectivity index (χ2n) is 4.74. The minimum absolute atomic E-state index is 0.0552. The van der Waals surface area contributed by atoms with E-state index in [0.717, 1.165) is 16.5 Å². The van der Waals surface area contributed by atoms with Crippen LogP contribution < -0.4 is 5.32 Å². The number of rotatable bonds is 5. The molecule has 4 nitrogen and oxygen atoms in total. The van der Waals surface area contributed by atoms with E-state index in [1.54, 1.807) is 6.26 Å². The summed E-state index contributed by atoms with van der Waals surface area (Å²) in [5.41, 5.74) is 0. The molecule has 1 unspecified atom stereocenters. The van der Waals surface area contributed by atoms with E-state index in [2.05, 4.69) is 10.3 Å². The summed E-state index contributed by atoms with van der Waals surface area (Å²) in [6.45, 7) is 0.0552. The smallest absolute Gasteiger partial charge is 0.139 e. The molecule has 0 aliphatic rings. The number of aromatic nitrogens is 1. The van der Waals surface area contributed by atoms with Crippen LogP contribution in [0.5, 0.6) is 0 Å². The number of aliphatic hydroxyl groups is 1. The molecule has 0 aliphatic heterocycles. The molecule has 1 atom stereocenters. The fraction of sp³-hybridized carbons (Fsp3) is 0.188. The SMILES string of the molecule is OCCC(Nc1cc2ccccc2c(Cl)n1)c1ccco1. The number of nitrogens with zero attached hydrogens (tertiary/aromatic N) is 1. The zero-order valence-electron chi connectivity index (χ0n) is 11.3. The van der Waals surface area contributed by atoms with E-state index in [4.69, 9.17) is 16.0 Å². The minimum Gasteiger partial charge on any atom is -0.467 e. The lowest BCUT2D eigenvalue weighted by Crippen LogP contribution is -2.12. The van der Waals surface area contributed by atoms with Crippen molar-refractivity contribution in [2.75, 3.05) is 11.9 Å². The molecule has 2 aromatic heterocycles. The Labute approximate surface area is 127 Å². The number of furan rings is 1. The van der Waals surface area contributed by atoms with E-state index in [9.17, 15) is 5.11 Å². The monoisotopic (exact) mass is 302 g/mol. The van der Waals surface area contributed by atoms with Crippen molar-refractivity contribution in [1.29, 1.82) is 0 Å². The standard InChI is InChI=1S/C16H15ClN2O2/c17-16-12-5-2-1-4-11(12)10-15(19-16)18-13(7-8-20)14-6-3-9-21-14/h1-6,9-10,13,20H,7-8H2,(H,18,19). The molecule has 0 spiro atoms. The van der Waals surface area contributed by atoms with Crippen molar-refractivity contribution in [3.8, 4) is 0 Å². The Balaban J connectivity index is 1.92. The van der Waals surface area contributed by atoms with Gasteiger partial charge in [0.25, 0.3) is 0 Å². The summed E-state index contributed by atoms with van der Waals surface area (Å²) < 4.78 is 5.40. The molecule has 5 heteroatoms. The molecule has 3 aromatic rings. The van der Waals surface area contributed by atoms with Crippen molar-refractivity contribution < 1.29 is 9.52 Å². The number of hydrogen-bond acceptors (Lipinski definition) is 4. The Bertz CT molecular complexity index is 728. The van der Waals surface area contributed by atoms with Crippen LogP contribution in [0.15, 0.2) is 53.1 Å². The summed E-state index contributed by atoms with van der Waals surface area (Å²) in [7, 11) is 0. The Hall–Kier alpha value is -2.04. The third kappa shape index (κ3) is 3.01. The van der Waals surface area contributed by atoms with E-state index in [1.807, 2.05) is 42.5 Å². The van der Waals surface area contributed by atoms with Gasteiger partial charge in [0.1, 0.15) is 16.7 Å². The Morgan fingerprint density at radius 3 is 2.86 bits per heavy atom. The molecule has 21 heavy (non-hydrogen) atoms. The summed E-state index contributed by atoms with van der Waals surface area (Å²) in [4.78, 5) is 4.36. The molecule has 0 saturated heterocycles. The van der Waals surface area contributed by atoms with E-state index in [1.165, 1.54) is 0 Å². The highest BCUT2D eigenvalue weighted by Crippen LogP contribution is 2.27. The lowest BCUT2D eigenvalue weighted by molar-refractivity contribution is 0.273.